The van der Waals surface area contributed by atoms with E-state index < -0.39 is 6.10 Å². The van der Waals surface area contributed by atoms with Gasteiger partial charge in [0.25, 0.3) is 11.8 Å². The highest BCUT2D eigenvalue weighted by atomic mass is 79.9. The minimum absolute atomic E-state index is 0.0407. The zero-order valence-electron chi connectivity index (χ0n) is 14.1. The highest BCUT2D eigenvalue weighted by Gasteiger charge is 2.31. The van der Waals surface area contributed by atoms with Gasteiger partial charge in [0.2, 0.25) is 0 Å². The number of carbonyl (C=O) groups is 2. The van der Waals surface area contributed by atoms with E-state index in [1.54, 1.807) is 36.1 Å². The number of rotatable bonds is 4. The van der Waals surface area contributed by atoms with Crippen molar-refractivity contribution in [3.63, 3.8) is 0 Å². The Labute approximate surface area is 155 Å². The van der Waals surface area contributed by atoms with Crippen LogP contribution in [0, 0.1) is 0 Å². The van der Waals surface area contributed by atoms with E-state index in [4.69, 9.17) is 4.74 Å². The van der Waals surface area contributed by atoms with Gasteiger partial charge < -0.3 is 15.0 Å². The van der Waals surface area contributed by atoms with Gasteiger partial charge in [-0.3, -0.25) is 9.59 Å². The van der Waals surface area contributed by atoms with Gasteiger partial charge in [-0.2, -0.15) is 0 Å². The van der Waals surface area contributed by atoms with E-state index in [-0.39, 0.29) is 11.8 Å². The first-order valence-electron chi connectivity index (χ1n) is 8.18. The van der Waals surface area contributed by atoms with Crippen LogP contribution in [0.15, 0.2) is 46.9 Å². The molecule has 0 saturated carbocycles. The molecule has 2 amide bonds. The highest BCUT2D eigenvalue weighted by molar-refractivity contribution is 9.10. The molecule has 5 nitrogen and oxygen atoms in total. The van der Waals surface area contributed by atoms with Crippen LogP contribution in [-0.2, 0) is 4.79 Å². The molecule has 1 N–H and O–H groups in total. The molecule has 2 aromatic rings. The number of fused-ring (bicyclic) bond motifs is 1. The summed E-state index contributed by atoms with van der Waals surface area (Å²) in [5.41, 5.74) is 1.94. The molecule has 6 heteroatoms. The van der Waals surface area contributed by atoms with Crippen molar-refractivity contribution in [3.8, 4) is 5.75 Å². The molecule has 1 aliphatic heterocycles. The summed E-state index contributed by atoms with van der Waals surface area (Å²) in [5.74, 6) is 0.368. The summed E-state index contributed by atoms with van der Waals surface area (Å²) in [6.07, 6.45) is 0.330. The lowest BCUT2D eigenvalue weighted by molar-refractivity contribution is -0.125. The van der Waals surface area contributed by atoms with Crippen molar-refractivity contribution in [2.45, 2.75) is 26.4 Å². The van der Waals surface area contributed by atoms with Gasteiger partial charge in [-0.1, -0.05) is 22.9 Å². The number of hydrogen-bond acceptors (Lipinski definition) is 3. The number of halogens is 1. The smallest absolute Gasteiger partial charge is 0.267 e. The van der Waals surface area contributed by atoms with Crippen LogP contribution in [0.1, 0.15) is 30.6 Å². The second-order valence-corrected chi connectivity index (χ2v) is 6.81. The number of nitrogens with zero attached hydrogens (tertiary/aromatic N) is 1. The van der Waals surface area contributed by atoms with Crippen LogP contribution in [0.3, 0.4) is 0 Å². The van der Waals surface area contributed by atoms with Gasteiger partial charge in [-0.15, -0.1) is 0 Å². The molecule has 0 fully saturated rings. The molecule has 1 heterocycles. The topological polar surface area (TPSA) is 58.6 Å². The van der Waals surface area contributed by atoms with E-state index in [1.807, 2.05) is 25.1 Å². The molecule has 2 aromatic carbocycles. The Hall–Kier alpha value is -2.34. The third-order valence-electron chi connectivity index (χ3n) is 3.98. The van der Waals surface area contributed by atoms with Gasteiger partial charge >= 0.3 is 0 Å². The van der Waals surface area contributed by atoms with Crippen molar-refractivity contribution in [1.29, 1.82) is 0 Å². The maximum absolute atomic E-state index is 12.3. The van der Waals surface area contributed by atoms with E-state index in [9.17, 15) is 9.59 Å². The second-order valence-electron chi connectivity index (χ2n) is 5.89. The summed E-state index contributed by atoms with van der Waals surface area (Å²) < 4.78 is 6.63. The molecular weight excluding hydrogens is 384 g/mol. The average Bonchev–Trinajstić information content (AvgIpc) is 2.59. The summed E-state index contributed by atoms with van der Waals surface area (Å²) in [5, 5.41) is 2.86. The molecule has 25 heavy (non-hydrogen) atoms. The highest BCUT2D eigenvalue weighted by Crippen LogP contribution is 2.36. The molecule has 1 aliphatic rings. The lowest BCUT2D eigenvalue weighted by atomic mass is 10.1. The minimum Gasteiger partial charge on any atom is -0.479 e. The van der Waals surface area contributed by atoms with Gasteiger partial charge in [0, 0.05) is 28.3 Å². The zero-order valence-corrected chi connectivity index (χ0v) is 15.7. The van der Waals surface area contributed by atoms with Gasteiger partial charge in [-0.25, -0.2) is 0 Å². The van der Waals surface area contributed by atoms with Crippen LogP contribution < -0.4 is 15.0 Å². The number of nitrogens with one attached hydrogen (secondary N) is 1. The molecule has 0 saturated heterocycles. The Morgan fingerprint density at radius 2 is 1.96 bits per heavy atom. The predicted molar refractivity (Wildman–Crippen MR) is 101 cm³/mol. The average molecular weight is 403 g/mol. The Balaban J connectivity index is 1.83. The fourth-order valence-electron chi connectivity index (χ4n) is 2.75. The zero-order chi connectivity index (χ0) is 18.0. The third kappa shape index (κ3) is 3.69. The molecule has 0 radical (unpaired) electrons. The first-order valence-corrected chi connectivity index (χ1v) is 8.98. The molecule has 130 valence electrons. The summed E-state index contributed by atoms with van der Waals surface area (Å²) in [6, 6.07) is 12.5. The SMILES string of the molecule is CCCN1C(=O)C(C)Oc2cc(NC(=O)c3ccc(Br)cc3)ccc21. The molecule has 1 atom stereocenters. The van der Waals surface area contributed by atoms with Crippen LogP contribution in [-0.4, -0.2) is 24.5 Å². The number of ether oxygens (including phenoxy) is 1. The van der Waals surface area contributed by atoms with E-state index in [1.165, 1.54) is 0 Å². The third-order valence-corrected chi connectivity index (χ3v) is 4.51. The number of anilines is 2. The van der Waals surface area contributed by atoms with Crippen molar-refractivity contribution < 1.29 is 14.3 Å². The standard InChI is InChI=1S/C19H19BrN2O3/c1-3-10-22-16-9-8-15(11-17(16)25-12(2)19(22)24)21-18(23)13-4-6-14(20)7-5-13/h4-9,11-12H,3,10H2,1-2H3,(H,21,23). The van der Waals surface area contributed by atoms with Gasteiger partial charge in [0.15, 0.2) is 6.10 Å². The lowest BCUT2D eigenvalue weighted by Gasteiger charge is -2.33. The summed E-state index contributed by atoms with van der Waals surface area (Å²) in [7, 11) is 0. The van der Waals surface area contributed by atoms with Gasteiger partial charge in [0.05, 0.1) is 5.69 Å². The molecule has 0 spiro atoms. The Bertz CT molecular complexity index is 805. The van der Waals surface area contributed by atoms with Crippen molar-refractivity contribution >= 4 is 39.1 Å². The maximum Gasteiger partial charge on any atom is 0.267 e. The van der Waals surface area contributed by atoms with E-state index in [0.717, 1.165) is 16.6 Å². The number of carbonyl (C=O) groups excluding carboxylic acids is 2. The minimum atomic E-state index is -0.531. The van der Waals surface area contributed by atoms with Crippen molar-refractivity contribution in [2.24, 2.45) is 0 Å². The largest absolute Gasteiger partial charge is 0.479 e. The molecule has 3 rings (SSSR count). The van der Waals surface area contributed by atoms with Crippen LogP contribution in [0.25, 0.3) is 0 Å². The van der Waals surface area contributed by atoms with Crippen molar-refractivity contribution in [1.82, 2.24) is 0 Å². The van der Waals surface area contributed by atoms with Crippen LogP contribution in [0.4, 0.5) is 11.4 Å². The second kappa shape index (κ2) is 7.27. The monoisotopic (exact) mass is 402 g/mol. The van der Waals surface area contributed by atoms with Crippen LogP contribution in [0.2, 0.25) is 0 Å². The van der Waals surface area contributed by atoms with Crippen molar-refractivity contribution in [3.05, 3.63) is 52.5 Å². The van der Waals surface area contributed by atoms with Crippen molar-refractivity contribution in [2.75, 3.05) is 16.8 Å². The maximum atomic E-state index is 12.3. The summed E-state index contributed by atoms with van der Waals surface area (Å²) in [6.45, 7) is 4.41. The Kier molecular flexibility index (Phi) is 5.08. The fraction of sp³-hybridized carbons (Fsp3) is 0.263. The first-order chi connectivity index (χ1) is 12.0. The summed E-state index contributed by atoms with van der Waals surface area (Å²) in [4.78, 5) is 26.4. The predicted octanol–water partition coefficient (Wildman–Crippen LogP) is 4.23. The van der Waals surface area contributed by atoms with Crippen LogP contribution >= 0.6 is 15.9 Å². The van der Waals surface area contributed by atoms with Gasteiger partial charge in [-0.05, 0) is 49.7 Å². The summed E-state index contributed by atoms with van der Waals surface area (Å²) >= 11 is 3.35. The number of amides is 2. The Morgan fingerprint density at radius 1 is 1.24 bits per heavy atom. The van der Waals surface area contributed by atoms with E-state index in [0.29, 0.717) is 23.5 Å². The molecule has 0 aromatic heterocycles. The normalized spacial score (nSPS) is 16.2. The molecule has 0 aliphatic carbocycles. The Morgan fingerprint density at radius 3 is 2.64 bits per heavy atom. The fourth-order valence-corrected chi connectivity index (χ4v) is 3.01. The molecular formula is C19H19BrN2O3. The van der Waals surface area contributed by atoms with Crippen LogP contribution in [0.5, 0.6) is 5.75 Å². The lowest BCUT2D eigenvalue weighted by Crippen LogP contribution is -2.44. The first kappa shape index (κ1) is 17.5. The molecule has 1 unspecified atom stereocenters. The molecule has 0 bridgehead atoms. The van der Waals surface area contributed by atoms with E-state index in [2.05, 4.69) is 21.2 Å². The van der Waals surface area contributed by atoms with E-state index >= 15 is 0 Å². The van der Waals surface area contributed by atoms with Gasteiger partial charge in [0.1, 0.15) is 5.75 Å². The number of benzene rings is 2. The quantitative estimate of drug-likeness (QED) is 0.832. The number of hydrogen-bond donors (Lipinski definition) is 1.